The van der Waals surface area contributed by atoms with Gasteiger partial charge in [0, 0.05) is 12.8 Å². The summed E-state index contributed by atoms with van der Waals surface area (Å²) in [5.74, 6) is -0.573. The molecule has 4 rings (SSSR count). The molecule has 13 nitrogen and oxygen atoms in total. The third-order valence-corrected chi connectivity index (χ3v) is 9.03. The van der Waals surface area contributed by atoms with Crippen LogP contribution in [0.25, 0.3) is 0 Å². The van der Waals surface area contributed by atoms with Crippen LogP contribution in [-0.2, 0) is 56.0 Å². The molecule has 0 unspecified atom stereocenters. The molecule has 4 aromatic rings. The van der Waals surface area contributed by atoms with Crippen LogP contribution < -0.4 is 15.8 Å². The maximum absolute atomic E-state index is 12.3. The van der Waals surface area contributed by atoms with Gasteiger partial charge in [0.2, 0.25) is 32.1 Å². The fourth-order valence-electron chi connectivity index (χ4n) is 3.59. The molecule has 0 aliphatic carbocycles. The van der Waals surface area contributed by atoms with Crippen molar-refractivity contribution >= 4 is 65.5 Å². The second-order valence-electron chi connectivity index (χ2n) is 8.77. The Balaban J connectivity index is 1.15. The van der Waals surface area contributed by atoms with E-state index in [0.717, 1.165) is 22.9 Å². The first kappa shape index (κ1) is 30.3. The Labute approximate surface area is 245 Å². The third kappa shape index (κ3) is 9.46. The molecule has 17 heteroatoms. The average molecular weight is 636 g/mol. The molecule has 4 N–H and O–H groups in total. The summed E-state index contributed by atoms with van der Waals surface area (Å²) in [6.07, 6.45) is 3.10. The van der Waals surface area contributed by atoms with Gasteiger partial charge in [-0.1, -0.05) is 46.9 Å². The number of carbonyl (C=O) groups is 2. The molecule has 216 valence electrons. The van der Waals surface area contributed by atoms with E-state index in [2.05, 4.69) is 31.0 Å². The zero-order valence-electron chi connectivity index (χ0n) is 21.3. The van der Waals surface area contributed by atoms with E-state index in [9.17, 15) is 26.4 Å². The van der Waals surface area contributed by atoms with Crippen molar-refractivity contribution in [2.24, 2.45) is 5.14 Å². The normalized spacial score (nSPS) is 11.5. The van der Waals surface area contributed by atoms with Gasteiger partial charge >= 0.3 is 0 Å². The number of amides is 2. The van der Waals surface area contributed by atoms with E-state index in [4.69, 9.17) is 5.14 Å². The second kappa shape index (κ2) is 13.8. The largest absolute Gasteiger partial charge is 0.300 e. The lowest BCUT2D eigenvalue weighted by Crippen LogP contribution is -2.15. The molecule has 2 aromatic carbocycles. The van der Waals surface area contributed by atoms with Gasteiger partial charge in [0.1, 0.15) is 10.0 Å². The predicted octanol–water partition coefficient (Wildman–Crippen LogP) is 1.94. The van der Waals surface area contributed by atoms with E-state index in [1.165, 1.54) is 59.1 Å². The number of sulfonamides is 1. The lowest BCUT2D eigenvalue weighted by atomic mass is 10.1. The van der Waals surface area contributed by atoms with Crippen molar-refractivity contribution in [3.63, 3.8) is 0 Å². The lowest BCUT2D eigenvalue weighted by Gasteiger charge is -2.03. The summed E-state index contributed by atoms with van der Waals surface area (Å²) in [5, 5.41) is 29.1. The number of nitrogens with one attached hydrogen (secondary N) is 2. The number of benzene rings is 2. The minimum Gasteiger partial charge on any atom is -0.300 e. The monoisotopic (exact) mass is 635 g/mol. The highest BCUT2D eigenvalue weighted by atomic mass is 32.2. The van der Waals surface area contributed by atoms with Gasteiger partial charge in [-0.3, -0.25) is 9.59 Å². The Morgan fingerprint density at radius 2 is 1.17 bits per heavy atom. The van der Waals surface area contributed by atoms with Gasteiger partial charge in [-0.2, -0.15) is 0 Å². The van der Waals surface area contributed by atoms with Crippen molar-refractivity contribution in [1.82, 2.24) is 20.4 Å². The van der Waals surface area contributed by atoms with Crippen LogP contribution in [-0.4, -0.2) is 49.0 Å². The first-order valence-electron chi connectivity index (χ1n) is 12.1. The van der Waals surface area contributed by atoms with Crippen molar-refractivity contribution in [1.29, 1.82) is 0 Å². The number of hydrogen-bond acceptors (Lipinski definition) is 12. The molecular weight excluding hydrogens is 611 g/mol. The van der Waals surface area contributed by atoms with Gasteiger partial charge in [0.05, 0.1) is 22.6 Å². The molecule has 0 atom stereocenters. The number of thiol groups is 1. The highest BCUT2D eigenvalue weighted by molar-refractivity contribution is 7.89. The number of aryl methyl sites for hydroxylation is 2. The quantitative estimate of drug-likeness (QED) is 0.124. The molecule has 0 saturated heterocycles. The molecule has 2 amide bonds. The topological polar surface area (TPSA) is 204 Å². The molecule has 0 radical (unpaired) electrons. The summed E-state index contributed by atoms with van der Waals surface area (Å²) in [4.78, 5) is 24.8. The summed E-state index contributed by atoms with van der Waals surface area (Å²) >= 11 is 2.58. The molecular formula is C24H25N7O6S4. The van der Waals surface area contributed by atoms with E-state index in [1.807, 2.05) is 0 Å². The minimum absolute atomic E-state index is 0.0211. The summed E-state index contributed by atoms with van der Waals surface area (Å²) < 4.78 is 44.6. The van der Waals surface area contributed by atoms with Crippen molar-refractivity contribution in [2.45, 2.75) is 48.3 Å². The summed E-state index contributed by atoms with van der Waals surface area (Å²) in [5.41, 5.74) is 1.31. The zero-order chi connectivity index (χ0) is 29.4. The standard InChI is InChI=1S/C24H25N7O6S4/c25-41(36,37)18-11-7-16(8-12-18)14-20(33)27-24-31-29-22(39-24)4-2-1-3-21-28-30-23(38-21)26-19(32)13-15-5-9-17(10-6-15)40(34)35/h5-12,40H,1-4,13-14H2,(H2,25,36,37)(H,26,30,32)(H,27,31,33). The number of primary sulfonamides is 1. The van der Waals surface area contributed by atoms with Crippen LogP contribution in [0.3, 0.4) is 0 Å². The minimum atomic E-state index is -3.79. The van der Waals surface area contributed by atoms with E-state index >= 15 is 0 Å². The predicted molar refractivity (Wildman–Crippen MR) is 154 cm³/mol. The molecule has 0 spiro atoms. The van der Waals surface area contributed by atoms with Crippen molar-refractivity contribution < 1.29 is 26.4 Å². The second-order valence-corrected chi connectivity index (χ2v) is 13.5. The van der Waals surface area contributed by atoms with Crippen LogP contribution in [0, 0.1) is 0 Å². The van der Waals surface area contributed by atoms with E-state index < -0.39 is 20.7 Å². The third-order valence-electron chi connectivity index (χ3n) is 5.59. The van der Waals surface area contributed by atoms with E-state index in [-0.39, 0.29) is 34.4 Å². The average Bonchev–Trinajstić information content (AvgIpc) is 3.55. The Bertz CT molecular complexity index is 1690. The van der Waals surface area contributed by atoms with Gasteiger partial charge in [0.25, 0.3) is 0 Å². The number of carbonyl (C=O) groups excluding carboxylic acids is 2. The highest BCUT2D eigenvalue weighted by Crippen LogP contribution is 2.21. The summed E-state index contributed by atoms with van der Waals surface area (Å²) in [6, 6.07) is 11.9. The maximum atomic E-state index is 12.3. The highest BCUT2D eigenvalue weighted by Gasteiger charge is 2.12. The molecule has 0 aliphatic heterocycles. The van der Waals surface area contributed by atoms with Crippen LogP contribution in [0.15, 0.2) is 58.3 Å². The van der Waals surface area contributed by atoms with Gasteiger partial charge in [0.15, 0.2) is 10.7 Å². The molecule has 0 aliphatic rings. The number of unbranched alkanes of at least 4 members (excludes halogenated alkanes) is 1. The van der Waals surface area contributed by atoms with E-state index in [1.54, 1.807) is 12.1 Å². The fourth-order valence-corrected chi connectivity index (χ4v) is 6.10. The lowest BCUT2D eigenvalue weighted by molar-refractivity contribution is -0.116. The number of nitrogens with two attached hydrogens (primary N) is 1. The summed E-state index contributed by atoms with van der Waals surface area (Å²) in [7, 11) is -6.44. The molecule has 0 fully saturated rings. The number of nitrogens with zero attached hydrogens (tertiary/aromatic N) is 4. The smallest absolute Gasteiger partial charge is 0.238 e. The van der Waals surface area contributed by atoms with Crippen molar-refractivity contribution in [2.75, 3.05) is 10.6 Å². The maximum Gasteiger partial charge on any atom is 0.238 e. The number of rotatable bonds is 13. The number of aromatic nitrogens is 4. The van der Waals surface area contributed by atoms with Crippen LogP contribution in [0.1, 0.15) is 34.0 Å². The molecule has 0 bridgehead atoms. The van der Waals surface area contributed by atoms with Crippen LogP contribution in [0.5, 0.6) is 0 Å². The van der Waals surface area contributed by atoms with Crippen LogP contribution >= 0.6 is 22.7 Å². The van der Waals surface area contributed by atoms with Crippen molar-refractivity contribution in [3.8, 4) is 0 Å². The molecule has 2 heterocycles. The van der Waals surface area contributed by atoms with Crippen LogP contribution in [0.4, 0.5) is 10.3 Å². The zero-order valence-corrected chi connectivity index (χ0v) is 24.7. The number of hydrogen-bond donors (Lipinski definition) is 4. The molecule has 0 saturated carbocycles. The summed E-state index contributed by atoms with van der Waals surface area (Å²) in [6.45, 7) is 0. The van der Waals surface area contributed by atoms with E-state index in [0.29, 0.717) is 34.2 Å². The Kier molecular flexibility index (Phi) is 10.2. The Hall–Kier alpha value is -3.64. The molecule has 41 heavy (non-hydrogen) atoms. The van der Waals surface area contributed by atoms with Gasteiger partial charge < -0.3 is 10.6 Å². The SMILES string of the molecule is NS(=O)(=O)c1ccc(CC(=O)Nc2nnc(CCCCc3nnc(NC(=O)Cc4ccc([SH](=O)=O)cc4)s3)s2)cc1. The Morgan fingerprint density at radius 3 is 1.59 bits per heavy atom. The fraction of sp³-hybridized carbons (Fsp3) is 0.250. The van der Waals surface area contributed by atoms with Gasteiger partial charge in [-0.05, 0) is 48.2 Å². The van der Waals surface area contributed by atoms with Crippen molar-refractivity contribution in [3.05, 3.63) is 69.7 Å². The van der Waals surface area contributed by atoms with Gasteiger partial charge in [-0.15, -0.1) is 20.4 Å². The number of anilines is 2. The first-order chi connectivity index (χ1) is 19.5. The van der Waals surface area contributed by atoms with Crippen LogP contribution in [0.2, 0.25) is 0 Å². The molecule has 2 aromatic heterocycles. The Morgan fingerprint density at radius 1 is 0.732 bits per heavy atom. The van der Waals surface area contributed by atoms with Gasteiger partial charge in [-0.25, -0.2) is 22.0 Å². The first-order valence-corrected chi connectivity index (χ1v) is 16.5.